The first kappa shape index (κ1) is 21.7. The Hall–Kier alpha value is -3.96. The lowest BCUT2D eigenvalue weighted by Crippen LogP contribution is -2.42. The molecule has 1 aromatic heterocycles. The molecule has 0 spiro atoms. The van der Waals surface area contributed by atoms with Gasteiger partial charge >= 0.3 is 5.97 Å². The fraction of sp³-hybridized carbons (Fsp3) is 0.368. The summed E-state index contributed by atoms with van der Waals surface area (Å²) in [5.74, 6) is -2.46. The van der Waals surface area contributed by atoms with Crippen LogP contribution in [0, 0.1) is 0 Å². The van der Waals surface area contributed by atoms with E-state index in [1.807, 2.05) is 0 Å². The van der Waals surface area contributed by atoms with Crippen molar-refractivity contribution in [3.63, 3.8) is 0 Å². The molecule has 3 amide bonds. The van der Waals surface area contributed by atoms with Crippen LogP contribution >= 0.6 is 0 Å². The van der Waals surface area contributed by atoms with Crippen molar-refractivity contribution in [3.05, 3.63) is 41.7 Å². The molecule has 1 atom stereocenters. The number of aromatic nitrogens is 3. The van der Waals surface area contributed by atoms with E-state index >= 15 is 0 Å². The summed E-state index contributed by atoms with van der Waals surface area (Å²) in [5.41, 5.74) is 0.263. The molecule has 3 rings (SSSR count). The molecule has 12 nitrogen and oxygen atoms in total. The highest BCUT2D eigenvalue weighted by atomic mass is 16.5. The van der Waals surface area contributed by atoms with Crippen molar-refractivity contribution in [1.82, 2.24) is 30.9 Å². The molecule has 0 saturated heterocycles. The largest absolute Gasteiger partial charge is 0.491 e. The lowest BCUT2D eigenvalue weighted by molar-refractivity contribution is -0.139. The fourth-order valence-electron chi connectivity index (χ4n) is 2.87. The van der Waals surface area contributed by atoms with Crippen molar-refractivity contribution in [2.75, 3.05) is 19.7 Å². The van der Waals surface area contributed by atoms with Gasteiger partial charge in [0, 0.05) is 13.0 Å². The van der Waals surface area contributed by atoms with E-state index in [2.05, 4.69) is 26.3 Å². The molecule has 31 heavy (non-hydrogen) atoms. The molecule has 1 aliphatic rings. The summed E-state index contributed by atoms with van der Waals surface area (Å²) >= 11 is 0. The van der Waals surface area contributed by atoms with E-state index in [-0.39, 0.29) is 62.0 Å². The fourth-order valence-corrected chi connectivity index (χ4v) is 2.87. The van der Waals surface area contributed by atoms with Gasteiger partial charge in [-0.15, -0.1) is 5.10 Å². The molecule has 164 valence electrons. The first-order chi connectivity index (χ1) is 14.9. The second-order valence-electron chi connectivity index (χ2n) is 6.72. The quantitative estimate of drug-likeness (QED) is 0.456. The average Bonchev–Trinajstić information content (AvgIpc) is 3.22. The minimum absolute atomic E-state index is 0.0744. The van der Waals surface area contributed by atoms with Crippen LogP contribution in [0.1, 0.15) is 33.7 Å². The topological polar surface area (TPSA) is 165 Å². The van der Waals surface area contributed by atoms with Gasteiger partial charge in [-0.2, -0.15) is 0 Å². The molecule has 0 fully saturated rings. The number of rotatable bonds is 1. The number of fused-ring (bicyclic) bond motifs is 3. The number of carboxylic acid groups (broad SMARTS) is 1. The second-order valence-corrected chi connectivity index (χ2v) is 6.72. The second kappa shape index (κ2) is 10.2. The normalized spacial score (nSPS) is 18.7. The van der Waals surface area contributed by atoms with Gasteiger partial charge in [-0.25, -0.2) is 9.48 Å². The Bertz CT molecular complexity index is 974. The van der Waals surface area contributed by atoms with Crippen molar-refractivity contribution in [2.24, 2.45) is 0 Å². The number of amides is 3. The Balaban J connectivity index is 1.77. The Kier molecular flexibility index (Phi) is 7.14. The van der Waals surface area contributed by atoms with E-state index in [1.54, 1.807) is 18.2 Å². The van der Waals surface area contributed by atoms with Crippen molar-refractivity contribution in [2.45, 2.75) is 25.4 Å². The highest BCUT2D eigenvalue weighted by Crippen LogP contribution is 2.18. The zero-order chi connectivity index (χ0) is 22.2. The number of carbonyl (C=O) groups is 4. The summed E-state index contributed by atoms with van der Waals surface area (Å²) < 4.78 is 7.01. The molecular weight excluding hydrogens is 408 g/mol. The van der Waals surface area contributed by atoms with Crippen molar-refractivity contribution >= 4 is 23.7 Å². The number of ether oxygens (including phenoxy) is 1. The predicted molar refractivity (Wildman–Crippen MR) is 105 cm³/mol. The van der Waals surface area contributed by atoms with E-state index in [1.165, 1.54) is 16.9 Å². The summed E-state index contributed by atoms with van der Waals surface area (Å²) in [4.78, 5) is 48.4. The number of benzene rings is 1. The van der Waals surface area contributed by atoms with Crippen LogP contribution in [0.3, 0.4) is 0 Å². The molecular formula is C19H22N6O6. The third-order valence-corrected chi connectivity index (χ3v) is 4.47. The van der Waals surface area contributed by atoms with E-state index < -0.39 is 23.8 Å². The van der Waals surface area contributed by atoms with Crippen LogP contribution in [0.15, 0.2) is 30.5 Å². The standard InChI is InChI=1S/C19H22N6O6/c26-16-6-5-13(19(29)30)22-17(27)12-3-1-2-4-15(12)31-10-8-21-18(28)14-11-25(24-23-14)9-7-20-16/h1-4,11,13H,5-10H2,(H,20,26)(H,21,28)(H,22,27)(H,29,30)/t13-/m0/s1. The Morgan fingerprint density at radius 1 is 1.13 bits per heavy atom. The van der Waals surface area contributed by atoms with Gasteiger partial charge in [0.2, 0.25) is 5.91 Å². The summed E-state index contributed by atoms with van der Waals surface area (Å²) in [6.45, 7) is 0.721. The molecule has 12 heteroatoms. The van der Waals surface area contributed by atoms with Crippen LogP contribution in [-0.2, 0) is 16.1 Å². The predicted octanol–water partition coefficient (Wildman–Crippen LogP) is -0.820. The van der Waals surface area contributed by atoms with Crippen molar-refractivity contribution in [1.29, 1.82) is 0 Å². The lowest BCUT2D eigenvalue weighted by Gasteiger charge is -2.16. The molecule has 1 aromatic carbocycles. The van der Waals surface area contributed by atoms with Crippen LogP contribution in [-0.4, -0.2) is 69.5 Å². The van der Waals surface area contributed by atoms with Crippen LogP contribution in [0.5, 0.6) is 5.75 Å². The van der Waals surface area contributed by atoms with Gasteiger partial charge in [0.25, 0.3) is 11.8 Å². The van der Waals surface area contributed by atoms with Gasteiger partial charge in [-0.3, -0.25) is 14.4 Å². The van der Waals surface area contributed by atoms with Crippen LogP contribution in [0.4, 0.5) is 0 Å². The number of carbonyl (C=O) groups excluding carboxylic acids is 3. The van der Waals surface area contributed by atoms with Crippen LogP contribution in [0.2, 0.25) is 0 Å². The molecule has 4 N–H and O–H groups in total. The monoisotopic (exact) mass is 430 g/mol. The Morgan fingerprint density at radius 3 is 2.74 bits per heavy atom. The zero-order valence-corrected chi connectivity index (χ0v) is 16.5. The number of hydrogen-bond acceptors (Lipinski definition) is 7. The molecule has 0 radical (unpaired) electrons. The van der Waals surface area contributed by atoms with Crippen molar-refractivity contribution in [3.8, 4) is 5.75 Å². The first-order valence-electron chi connectivity index (χ1n) is 9.64. The van der Waals surface area contributed by atoms with Gasteiger partial charge in [-0.05, 0) is 18.6 Å². The number of aliphatic carboxylic acids is 1. The molecule has 0 saturated carbocycles. The summed E-state index contributed by atoms with van der Waals surface area (Å²) in [6.07, 6.45) is 1.27. The SMILES string of the molecule is O=C1CC[C@@H](C(=O)O)NC(=O)c2ccccc2OCCNC(=O)c2cn(nn2)CCN1. The van der Waals surface area contributed by atoms with Gasteiger partial charge < -0.3 is 25.8 Å². The number of hydrogen-bond donors (Lipinski definition) is 4. The molecule has 0 aliphatic carbocycles. The molecule has 0 unspecified atom stereocenters. The maximum Gasteiger partial charge on any atom is 0.326 e. The zero-order valence-electron chi connectivity index (χ0n) is 16.5. The van der Waals surface area contributed by atoms with E-state index in [9.17, 15) is 24.3 Å². The minimum Gasteiger partial charge on any atom is -0.491 e. The Labute approximate surface area is 176 Å². The number of carboxylic acids is 1. The molecule has 1 aliphatic heterocycles. The smallest absolute Gasteiger partial charge is 0.326 e. The number of nitrogens with one attached hydrogen (secondary N) is 3. The average molecular weight is 430 g/mol. The Morgan fingerprint density at radius 2 is 1.94 bits per heavy atom. The lowest BCUT2D eigenvalue weighted by atomic mass is 10.1. The molecule has 2 aromatic rings. The van der Waals surface area contributed by atoms with Gasteiger partial charge in [0.1, 0.15) is 18.4 Å². The minimum atomic E-state index is -1.25. The van der Waals surface area contributed by atoms with E-state index in [4.69, 9.17) is 4.74 Å². The van der Waals surface area contributed by atoms with Crippen molar-refractivity contribution < 1.29 is 29.0 Å². The van der Waals surface area contributed by atoms with Gasteiger partial charge in [-0.1, -0.05) is 17.3 Å². The molecule has 2 bridgehead atoms. The third-order valence-electron chi connectivity index (χ3n) is 4.47. The van der Waals surface area contributed by atoms with Crippen LogP contribution < -0.4 is 20.7 Å². The first-order valence-corrected chi connectivity index (χ1v) is 9.64. The van der Waals surface area contributed by atoms with Crippen LogP contribution in [0.25, 0.3) is 0 Å². The summed E-state index contributed by atoms with van der Waals surface area (Å²) in [5, 5.41) is 24.7. The van der Waals surface area contributed by atoms with Gasteiger partial charge in [0.15, 0.2) is 5.69 Å². The van der Waals surface area contributed by atoms with Gasteiger partial charge in [0.05, 0.1) is 24.8 Å². The highest BCUT2D eigenvalue weighted by Gasteiger charge is 2.23. The summed E-state index contributed by atoms with van der Waals surface area (Å²) in [6, 6.07) is 5.10. The maximum atomic E-state index is 12.6. The maximum absolute atomic E-state index is 12.6. The summed E-state index contributed by atoms with van der Waals surface area (Å²) in [7, 11) is 0. The number of nitrogens with zero attached hydrogens (tertiary/aromatic N) is 3. The highest BCUT2D eigenvalue weighted by molar-refractivity contribution is 5.99. The van der Waals surface area contributed by atoms with E-state index in [0.29, 0.717) is 0 Å². The van der Waals surface area contributed by atoms with E-state index in [0.717, 1.165) is 0 Å². The third kappa shape index (κ3) is 6.01. The molecule has 2 heterocycles. The number of para-hydroxylation sites is 1.